The van der Waals surface area contributed by atoms with E-state index in [0.29, 0.717) is 0 Å². The van der Waals surface area contributed by atoms with Crippen LogP contribution in [0.25, 0.3) is 0 Å². The second kappa shape index (κ2) is 10.5. The molecule has 0 spiro atoms. The van der Waals surface area contributed by atoms with Gasteiger partial charge in [-0.3, -0.25) is 0 Å². The summed E-state index contributed by atoms with van der Waals surface area (Å²) in [6, 6.07) is 20.0. The summed E-state index contributed by atoms with van der Waals surface area (Å²) < 4.78 is 0. The summed E-state index contributed by atoms with van der Waals surface area (Å²) in [6.07, 6.45) is 3.62. The quantitative estimate of drug-likeness (QED) is 0.397. The largest absolute Gasteiger partial charge is 0.363 e. The van der Waals surface area contributed by atoms with Gasteiger partial charge in [-0.15, -0.1) is 0 Å². The van der Waals surface area contributed by atoms with Crippen molar-refractivity contribution in [3.05, 3.63) is 78.6 Å². The fraction of sp³-hybridized carbons (Fsp3) is 0.259. The van der Waals surface area contributed by atoms with Crippen LogP contribution < -0.4 is 25.3 Å². The standard InChI is InChI=1S/C27H31N9/c1-20-10-11-21(18-22(20)31-23-8-4-6-12-28-23)30-24-19-26(34(2)3)33-27(32-24)36-16-14-35(15-17-36)25-9-5-7-13-29-25/h4-13,18-19H,14-17H2,1-3H3,(H,28,31)(H,30,32,33). The summed E-state index contributed by atoms with van der Waals surface area (Å²) in [6.45, 7) is 5.48. The average Bonchev–Trinajstić information content (AvgIpc) is 2.91. The lowest BCUT2D eigenvalue weighted by atomic mass is 10.1. The SMILES string of the molecule is Cc1ccc(Nc2cc(N(C)C)nc(N3CCN(c4ccccn4)CC3)n2)cc1Nc1ccccn1. The zero-order valence-corrected chi connectivity index (χ0v) is 20.9. The lowest BCUT2D eigenvalue weighted by Gasteiger charge is -2.35. The molecule has 1 saturated heterocycles. The van der Waals surface area contributed by atoms with Gasteiger partial charge in [0.1, 0.15) is 23.3 Å². The topological polar surface area (TPSA) is 85.3 Å². The smallest absolute Gasteiger partial charge is 0.229 e. The molecule has 0 atom stereocenters. The molecule has 1 fully saturated rings. The zero-order chi connectivity index (χ0) is 24.9. The highest BCUT2D eigenvalue weighted by molar-refractivity contribution is 5.70. The molecule has 0 amide bonds. The maximum Gasteiger partial charge on any atom is 0.229 e. The highest BCUT2D eigenvalue weighted by Gasteiger charge is 2.21. The van der Waals surface area contributed by atoms with Crippen LogP contribution >= 0.6 is 0 Å². The summed E-state index contributed by atoms with van der Waals surface area (Å²) >= 11 is 0. The minimum atomic E-state index is 0.725. The molecular weight excluding hydrogens is 450 g/mol. The van der Waals surface area contributed by atoms with Crippen LogP contribution in [0.4, 0.5) is 40.6 Å². The van der Waals surface area contributed by atoms with E-state index in [4.69, 9.17) is 9.97 Å². The monoisotopic (exact) mass is 481 g/mol. The van der Waals surface area contributed by atoms with Crippen LogP contribution in [0.15, 0.2) is 73.1 Å². The Hall–Kier alpha value is -4.40. The van der Waals surface area contributed by atoms with Crippen LogP contribution in [0.2, 0.25) is 0 Å². The number of aromatic nitrogens is 4. The minimum Gasteiger partial charge on any atom is -0.363 e. The molecule has 184 valence electrons. The number of rotatable bonds is 7. The van der Waals surface area contributed by atoms with Gasteiger partial charge in [0.15, 0.2) is 0 Å². The van der Waals surface area contributed by atoms with Crippen molar-refractivity contribution in [2.24, 2.45) is 0 Å². The number of nitrogens with one attached hydrogen (secondary N) is 2. The lowest BCUT2D eigenvalue weighted by Crippen LogP contribution is -2.47. The van der Waals surface area contributed by atoms with Crippen LogP contribution in [0, 0.1) is 6.92 Å². The first-order valence-electron chi connectivity index (χ1n) is 12.1. The molecule has 0 bridgehead atoms. The van der Waals surface area contributed by atoms with Gasteiger partial charge in [-0.1, -0.05) is 18.2 Å². The zero-order valence-electron chi connectivity index (χ0n) is 20.9. The highest BCUT2D eigenvalue weighted by atomic mass is 15.3. The third-order valence-corrected chi connectivity index (χ3v) is 6.13. The van der Waals surface area contributed by atoms with E-state index in [1.165, 1.54) is 0 Å². The summed E-state index contributed by atoms with van der Waals surface area (Å²) in [4.78, 5) is 25.1. The molecule has 9 nitrogen and oxygen atoms in total. The molecule has 1 aromatic carbocycles. The second-order valence-electron chi connectivity index (χ2n) is 8.96. The van der Waals surface area contributed by atoms with Gasteiger partial charge in [0.2, 0.25) is 5.95 Å². The molecule has 9 heteroatoms. The molecule has 0 unspecified atom stereocenters. The predicted octanol–water partition coefficient (Wildman–Crippen LogP) is 4.45. The Morgan fingerprint density at radius 2 is 1.50 bits per heavy atom. The maximum atomic E-state index is 4.88. The highest BCUT2D eigenvalue weighted by Crippen LogP contribution is 2.27. The van der Waals surface area contributed by atoms with Crippen LogP contribution in [0.3, 0.4) is 0 Å². The van der Waals surface area contributed by atoms with Gasteiger partial charge in [-0.2, -0.15) is 9.97 Å². The number of hydrogen-bond acceptors (Lipinski definition) is 9. The van der Waals surface area contributed by atoms with Crippen LogP contribution in [-0.2, 0) is 0 Å². The normalized spacial score (nSPS) is 13.4. The van der Waals surface area contributed by atoms with E-state index in [2.05, 4.69) is 61.6 Å². The summed E-state index contributed by atoms with van der Waals surface area (Å²) in [5.74, 6) is 4.15. The van der Waals surface area contributed by atoms with E-state index >= 15 is 0 Å². The van der Waals surface area contributed by atoms with Crippen molar-refractivity contribution < 1.29 is 0 Å². The van der Waals surface area contributed by atoms with E-state index in [1.807, 2.05) is 61.6 Å². The molecule has 5 rings (SSSR count). The summed E-state index contributed by atoms with van der Waals surface area (Å²) in [7, 11) is 3.99. The van der Waals surface area contributed by atoms with Crippen molar-refractivity contribution in [1.82, 2.24) is 19.9 Å². The van der Waals surface area contributed by atoms with Gasteiger partial charge in [-0.25, -0.2) is 9.97 Å². The summed E-state index contributed by atoms with van der Waals surface area (Å²) in [5, 5.41) is 6.88. The molecule has 4 heterocycles. The van der Waals surface area contributed by atoms with Crippen molar-refractivity contribution in [1.29, 1.82) is 0 Å². The van der Waals surface area contributed by atoms with Crippen molar-refractivity contribution in [3.8, 4) is 0 Å². The van der Waals surface area contributed by atoms with E-state index in [0.717, 1.165) is 72.3 Å². The number of anilines is 7. The van der Waals surface area contributed by atoms with E-state index in [-0.39, 0.29) is 0 Å². The molecule has 1 aliphatic heterocycles. The Bertz CT molecular complexity index is 1290. The van der Waals surface area contributed by atoms with Crippen LogP contribution in [-0.4, -0.2) is 60.2 Å². The number of hydrogen-bond donors (Lipinski definition) is 2. The number of nitrogens with zero attached hydrogens (tertiary/aromatic N) is 7. The van der Waals surface area contributed by atoms with Crippen molar-refractivity contribution in [2.45, 2.75) is 6.92 Å². The Balaban J connectivity index is 1.34. The van der Waals surface area contributed by atoms with Crippen molar-refractivity contribution in [2.75, 3.05) is 65.6 Å². The molecule has 2 N–H and O–H groups in total. The number of aryl methyl sites for hydroxylation is 1. The predicted molar refractivity (Wildman–Crippen MR) is 147 cm³/mol. The Morgan fingerprint density at radius 1 is 0.750 bits per heavy atom. The first-order chi connectivity index (χ1) is 17.5. The molecule has 4 aromatic rings. The molecule has 0 saturated carbocycles. The molecule has 1 aliphatic rings. The van der Waals surface area contributed by atoms with Gasteiger partial charge in [0, 0.05) is 70.1 Å². The molecule has 3 aromatic heterocycles. The number of benzene rings is 1. The fourth-order valence-corrected chi connectivity index (χ4v) is 4.09. The fourth-order valence-electron chi connectivity index (χ4n) is 4.09. The van der Waals surface area contributed by atoms with Gasteiger partial charge in [-0.05, 0) is 48.9 Å². The van der Waals surface area contributed by atoms with E-state index in [1.54, 1.807) is 6.20 Å². The first-order valence-corrected chi connectivity index (χ1v) is 12.1. The molecule has 0 aliphatic carbocycles. The number of pyridine rings is 2. The van der Waals surface area contributed by atoms with Crippen LogP contribution in [0.1, 0.15) is 5.56 Å². The Morgan fingerprint density at radius 3 is 2.19 bits per heavy atom. The van der Waals surface area contributed by atoms with Crippen LogP contribution in [0.5, 0.6) is 0 Å². The molecule has 0 radical (unpaired) electrons. The van der Waals surface area contributed by atoms with Gasteiger partial charge >= 0.3 is 0 Å². The van der Waals surface area contributed by atoms with Gasteiger partial charge < -0.3 is 25.3 Å². The van der Waals surface area contributed by atoms with Gasteiger partial charge in [0.05, 0.1) is 0 Å². The Kier molecular flexibility index (Phi) is 6.79. The van der Waals surface area contributed by atoms with Gasteiger partial charge in [0.25, 0.3) is 0 Å². The first kappa shape index (κ1) is 23.3. The molecular formula is C27H31N9. The Labute approximate surface area is 211 Å². The second-order valence-corrected chi connectivity index (χ2v) is 8.96. The molecule has 36 heavy (non-hydrogen) atoms. The maximum absolute atomic E-state index is 4.88. The number of piperazine rings is 1. The third kappa shape index (κ3) is 5.46. The third-order valence-electron chi connectivity index (χ3n) is 6.13. The van der Waals surface area contributed by atoms with Crippen molar-refractivity contribution in [3.63, 3.8) is 0 Å². The van der Waals surface area contributed by atoms with E-state index < -0.39 is 0 Å². The van der Waals surface area contributed by atoms with Crippen molar-refractivity contribution >= 4 is 40.6 Å². The van der Waals surface area contributed by atoms with E-state index in [9.17, 15) is 0 Å². The summed E-state index contributed by atoms with van der Waals surface area (Å²) in [5.41, 5.74) is 3.06. The minimum absolute atomic E-state index is 0.725. The average molecular weight is 482 g/mol. The lowest BCUT2D eigenvalue weighted by molar-refractivity contribution is 0.635.